The van der Waals surface area contributed by atoms with E-state index in [-0.39, 0.29) is 5.60 Å². The molecule has 5 rings (SSSR count). The molecular formula is C15H26N2O2. The second kappa shape index (κ2) is 4.99. The second-order valence-electron chi connectivity index (χ2n) is 6.93. The fourth-order valence-corrected chi connectivity index (χ4v) is 4.49. The molecule has 5 saturated heterocycles. The molecular weight excluding hydrogens is 240 g/mol. The SMILES string of the molecule is C1CC2(CO1)CC(NC1CN3CCC1CC3)CCO2. The van der Waals surface area contributed by atoms with Crippen LogP contribution in [0.3, 0.4) is 0 Å². The van der Waals surface area contributed by atoms with Gasteiger partial charge < -0.3 is 19.7 Å². The number of nitrogens with zero attached hydrogens (tertiary/aromatic N) is 1. The first-order valence-corrected chi connectivity index (χ1v) is 8.03. The highest BCUT2D eigenvalue weighted by atomic mass is 16.6. The van der Waals surface area contributed by atoms with E-state index in [2.05, 4.69) is 10.2 Å². The van der Waals surface area contributed by atoms with Gasteiger partial charge in [-0.2, -0.15) is 0 Å². The van der Waals surface area contributed by atoms with E-state index in [0.717, 1.165) is 44.6 Å². The van der Waals surface area contributed by atoms with Gasteiger partial charge >= 0.3 is 0 Å². The Bertz CT molecular complexity index is 322. The smallest absolute Gasteiger partial charge is 0.0951 e. The highest BCUT2D eigenvalue weighted by Gasteiger charge is 2.42. The summed E-state index contributed by atoms with van der Waals surface area (Å²) < 4.78 is 11.6. The number of fused-ring (bicyclic) bond motifs is 3. The van der Waals surface area contributed by atoms with Crippen LogP contribution < -0.4 is 5.32 Å². The van der Waals surface area contributed by atoms with Crippen molar-refractivity contribution in [3.63, 3.8) is 0 Å². The Hall–Kier alpha value is -0.160. The minimum Gasteiger partial charge on any atom is -0.378 e. The van der Waals surface area contributed by atoms with E-state index in [1.54, 1.807) is 0 Å². The Morgan fingerprint density at radius 3 is 2.68 bits per heavy atom. The fraction of sp³-hybridized carbons (Fsp3) is 1.00. The van der Waals surface area contributed by atoms with Gasteiger partial charge in [0.15, 0.2) is 0 Å². The summed E-state index contributed by atoms with van der Waals surface area (Å²) >= 11 is 0. The van der Waals surface area contributed by atoms with E-state index in [1.807, 2.05) is 0 Å². The zero-order valence-corrected chi connectivity index (χ0v) is 11.8. The first-order chi connectivity index (χ1) is 9.33. The van der Waals surface area contributed by atoms with E-state index in [1.165, 1.54) is 38.9 Å². The lowest BCUT2D eigenvalue weighted by atomic mass is 9.82. The Morgan fingerprint density at radius 2 is 2.00 bits per heavy atom. The molecule has 0 aromatic carbocycles. The maximum Gasteiger partial charge on any atom is 0.0951 e. The molecule has 0 aromatic heterocycles. The molecule has 5 fully saturated rings. The number of rotatable bonds is 2. The van der Waals surface area contributed by atoms with E-state index in [4.69, 9.17) is 9.47 Å². The van der Waals surface area contributed by atoms with Crippen molar-refractivity contribution in [1.82, 2.24) is 10.2 Å². The molecule has 108 valence electrons. The molecule has 3 unspecified atom stereocenters. The van der Waals surface area contributed by atoms with Gasteiger partial charge in [-0.15, -0.1) is 0 Å². The molecule has 0 aliphatic carbocycles. The van der Waals surface area contributed by atoms with Crippen LogP contribution in [0.5, 0.6) is 0 Å². The quantitative estimate of drug-likeness (QED) is 0.809. The molecule has 4 nitrogen and oxygen atoms in total. The van der Waals surface area contributed by atoms with Gasteiger partial charge in [-0.05, 0) is 44.7 Å². The Morgan fingerprint density at radius 1 is 1.11 bits per heavy atom. The van der Waals surface area contributed by atoms with Gasteiger partial charge in [0.05, 0.1) is 12.2 Å². The van der Waals surface area contributed by atoms with Gasteiger partial charge in [0.2, 0.25) is 0 Å². The lowest BCUT2D eigenvalue weighted by molar-refractivity contribution is -0.0928. The van der Waals surface area contributed by atoms with Crippen LogP contribution in [0.1, 0.15) is 32.1 Å². The van der Waals surface area contributed by atoms with E-state index < -0.39 is 0 Å². The first-order valence-electron chi connectivity index (χ1n) is 8.03. The van der Waals surface area contributed by atoms with Crippen molar-refractivity contribution in [2.75, 3.05) is 39.5 Å². The molecule has 0 aromatic rings. The number of hydrogen-bond acceptors (Lipinski definition) is 4. The van der Waals surface area contributed by atoms with E-state index >= 15 is 0 Å². The molecule has 5 aliphatic heterocycles. The highest BCUT2D eigenvalue weighted by molar-refractivity contribution is 4.97. The second-order valence-corrected chi connectivity index (χ2v) is 6.93. The average Bonchev–Trinajstić information content (AvgIpc) is 2.88. The molecule has 0 radical (unpaired) electrons. The van der Waals surface area contributed by atoms with Gasteiger partial charge in [-0.3, -0.25) is 0 Å². The van der Waals surface area contributed by atoms with Crippen LogP contribution in [0.2, 0.25) is 0 Å². The van der Waals surface area contributed by atoms with Crippen LogP contribution in [0.25, 0.3) is 0 Å². The molecule has 2 bridgehead atoms. The van der Waals surface area contributed by atoms with Crippen molar-refractivity contribution >= 4 is 0 Å². The van der Waals surface area contributed by atoms with Gasteiger partial charge in [0.25, 0.3) is 0 Å². The van der Waals surface area contributed by atoms with Crippen molar-refractivity contribution in [2.45, 2.75) is 49.8 Å². The van der Waals surface area contributed by atoms with Gasteiger partial charge in [-0.1, -0.05) is 0 Å². The maximum absolute atomic E-state index is 6.03. The zero-order chi connectivity index (χ0) is 12.7. The summed E-state index contributed by atoms with van der Waals surface area (Å²) in [6, 6.07) is 1.37. The third-order valence-corrected chi connectivity index (χ3v) is 5.67. The zero-order valence-electron chi connectivity index (χ0n) is 11.8. The molecule has 5 aliphatic rings. The van der Waals surface area contributed by atoms with Crippen LogP contribution in [0, 0.1) is 5.92 Å². The summed E-state index contributed by atoms with van der Waals surface area (Å²) in [5, 5.41) is 3.96. The Balaban J connectivity index is 1.37. The van der Waals surface area contributed by atoms with Gasteiger partial charge in [0, 0.05) is 38.3 Å². The van der Waals surface area contributed by atoms with E-state index in [9.17, 15) is 0 Å². The third kappa shape index (κ3) is 2.44. The number of nitrogens with one attached hydrogen (secondary N) is 1. The topological polar surface area (TPSA) is 33.7 Å². The monoisotopic (exact) mass is 266 g/mol. The number of hydrogen-bond donors (Lipinski definition) is 1. The lowest BCUT2D eigenvalue weighted by Gasteiger charge is -2.47. The molecule has 5 heterocycles. The van der Waals surface area contributed by atoms with E-state index in [0.29, 0.717) is 6.04 Å². The molecule has 1 N–H and O–H groups in total. The summed E-state index contributed by atoms with van der Waals surface area (Å²) in [4.78, 5) is 2.63. The average molecular weight is 266 g/mol. The predicted molar refractivity (Wildman–Crippen MR) is 73.2 cm³/mol. The molecule has 19 heavy (non-hydrogen) atoms. The predicted octanol–water partition coefficient (Wildman–Crippen LogP) is 1.01. The summed E-state index contributed by atoms with van der Waals surface area (Å²) in [6.45, 7) is 6.52. The maximum atomic E-state index is 6.03. The molecule has 0 saturated carbocycles. The first kappa shape index (κ1) is 12.6. The standard InChI is InChI=1S/C15H26N2O2/c1-5-17-6-2-12(1)14(10-17)16-13-3-7-19-15(9-13)4-8-18-11-15/h12-14,16H,1-11H2. The minimum absolute atomic E-state index is 0.0455. The Labute approximate surface area is 115 Å². The third-order valence-electron chi connectivity index (χ3n) is 5.67. The van der Waals surface area contributed by atoms with Gasteiger partial charge in [0.1, 0.15) is 0 Å². The normalized spacial score (nSPS) is 49.9. The Kier molecular flexibility index (Phi) is 3.30. The molecule has 4 heteroatoms. The van der Waals surface area contributed by atoms with Crippen LogP contribution in [-0.2, 0) is 9.47 Å². The fourth-order valence-electron chi connectivity index (χ4n) is 4.49. The number of ether oxygens (including phenoxy) is 2. The van der Waals surface area contributed by atoms with Crippen LogP contribution in [0.4, 0.5) is 0 Å². The summed E-state index contributed by atoms with van der Waals surface area (Å²) in [6.07, 6.45) is 6.21. The van der Waals surface area contributed by atoms with Gasteiger partial charge in [-0.25, -0.2) is 0 Å². The van der Waals surface area contributed by atoms with Crippen LogP contribution >= 0.6 is 0 Å². The van der Waals surface area contributed by atoms with Crippen molar-refractivity contribution in [3.05, 3.63) is 0 Å². The minimum atomic E-state index is 0.0455. The summed E-state index contributed by atoms with van der Waals surface area (Å²) in [5.41, 5.74) is 0.0455. The highest BCUT2D eigenvalue weighted by Crippen LogP contribution is 2.34. The largest absolute Gasteiger partial charge is 0.378 e. The summed E-state index contributed by atoms with van der Waals surface area (Å²) in [5.74, 6) is 0.920. The molecule has 3 atom stereocenters. The number of piperidine rings is 3. The summed E-state index contributed by atoms with van der Waals surface area (Å²) in [7, 11) is 0. The van der Waals surface area contributed by atoms with Crippen molar-refractivity contribution in [1.29, 1.82) is 0 Å². The van der Waals surface area contributed by atoms with Crippen molar-refractivity contribution < 1.29 is 9.47 Å². The molecule has 0 amide bonds. The van der Waals surface area contributed by atoms with Crippen molar-refractivity contribution in [2.24, 2.45) is 5.92 Å². The molecule has 1 spiro atoms. The van der Waals surface area contributed by atoms with Crippen LogP contribution in [-0.4, -0.2) is 62.0 Å². The van der Waals surface area contributed by atoms with Crippen molar-refractivity contribution in [3.8, 4) is 0 Å². The lowest BCUT2D eigenvalue weighted by Crippen LogP contribution is -2.60. The van der Waals surface area contributed by atoms with Crippen LogP contribution in [0.15, 0.2) is 0 Å².